The number of rotatable bonds is 5. The highest BCUT2D eigenvalue weighted by molar-refractivity contribution is 6.09. The van der Waals surface area contributed by atoms with Gasteiger partial charge in [0.05, 0.1) is 11.4 Å². The molecule has 0 saturated heterocycles. The molecular formula is C55H38N2. The minimum atomic E-state index is -0.116. The second-order valence-corrected chi connectivity index (χ2v) is 15.7. The van der Waals surface area contributed by atoms with Crippen LogP contribution in [0.25, 0.3) is 99.6 Å². The van der Waals surface area contributed by atoms with E-state index in [1.165, 1.54) is 60.3 Å². The summed E-state index contributed by atoms with van der Waals surface area (Å²) in [5.41, 5.74) is 15.0. The van der Waals surface area contributed by atoms with Gasteiger partial charge in [0, 0.05) is 22.1 Å². The molecule has 0 bridgehead atoms. The zero-order valence-corrected chi connectivity index (χ0v) is 31.9. The molecule has 2 nitrogen and oxygen atoms in total. The molecule has 10 aromatic rings. The molecule has 1 heterocycles. The number of aromatic nitrogens is 2. The molecule has 1 aromatic heterocycles. The van der Waals surface area contributed by atoms with Crippen molar-refractivity contribution < 1.29 is 0 Å². The van der Waals surface area contributed by atoms with E-state index in [4.69, 9.17) is 9.97 Å². The molecule has 0 spiro atoms. The number of hydrogen-bond acceptors (Lipinski definition) is 2. The standard InChI is InChI=1S/C55H38N2/c1-55(2)49-26-14-25-47(53(49)48-32-38-19-8-9-20-39(38)33-50(48)55)44-29-30-46(43-23-12-11-22-42(43)44)52-34-51(56-54(57-52)36-16-4-3-5-17-36)45-24-13-10-21-41(45)40-28-27-35-15-6-7-18-37(35)31-40/h3-34H,1-2H3. The average molecular weight is 727 g/mol. The summed E-state index contributed by atoms with van der Waals surface area (Å²) in [6.45, 7) is 4.74. The highest BCUT2D eigenvalue weighted by Crippen LogP contribution is 2.54. The van der Waals surface area contributed by atoms with E-state index >= 15 is 0 Å². The predicted molar refractivity (Wildman–Crippen MR) is 239 cm³/mol. The van der Waals surface area contributed by atoms with Gasteiger partial charge in [0.2, 0.25) is 0 Å². The summed E-state index contributed by atoms with van der Waals surface area (Å²) in [6.07, 6.45) is 0. The van der Waals surface area contributed by atoms with Gasteiger partial charge in [0.15, 0.2) is 5.82 Å². The number of benzene rings is 9. The molecule has 1 aliphatic rings. The lowest BCUT2D eigenvalue weighted by Gasteiger charge is -2.22. The third-order valence-corrected chi connectivity index (χ3v) is 12.1. The van der Waals surface area contributed by atoms with Crippen molar-refractivity contribution >= 4 is 32.3 Å². The number of nitrogens with zero attached hydrogens (tertiary/aromatic N) is 2. The molecule has 9 aromatic carbocycles. The number of fused-ring (bicyclic) bond motifs is 6. The van der Waals surface area contributed by atoms with Crippen LogP contribution in [0.3, 0.4) is 0 Å². The van der Waals surface area contributed by atoms with Crippen molar-refractivity contribution in [3.05, 3.63) is 205 Å². The van der Waals surface area contributed by atoms with Crippen molar-refractivity contribution in [1.29, 1.82) is 0 Å². The van der Waals surface area contributed by atoms with E-state index in [0.717, 1.165) is 44.6 Å². The smallest absolute Gasteiger partial charge is 0.160 e. The van der Waals surface area contributed by atoms with Crippen LogP contribution in [0.1, 0.15) is 25.0 Å². The zero-order chi connectivity index (χ0) is 38.1. The monoisotopic (exact) mass is 726 g/mol. The Hall–Kier alpha value is -7.16. The molecule has 0 unspecified atom stereocenters. The van der Waals surface area contributed by atoms with Crippen LogP contribution < -0.4 is 0 Å². The minimum absolute atomic E-state index is 0.116. The van der Waals surface area contributed by atoms with Crippen LogP contribution in [-0.2, 0) is 5.41 Å². The van der Waals surface area contributed by atoms with E-state index in [-0.39, 0.29) is 5.41 Å². The van der Waals surface area contributed by atoms with Crippen molar-refractivity contribution in [2.24, 2.45) is 0 Å². The van der Waals surface area contributed by atoms with Gasteiger partial charge in [-0.05, 0) is 101 Å². The maximum Gasteiger partial charge on any atom is 0.160 e. The van der Waals surface area contributed by atoms with Crippen LogP contribution in [0.2, 0.25) is 0 Å². The second kappa shape index (κ2) is 13.0. The maximum atomic E-state index is 5.32. The van der Waals surface area contributed by atoms with Gasteiger partial charge in [-0.15, -0.1) is 0 Å². The molecule has 11 rings (SSSR count). The van der Waals surface area contributed by atoms with Gasteiger partial charge in [-0.3, -0.25) is 0 Å². The van der Waals surface area contributed by atoms with Gasteiger partial charge in [0.25, 0.3) is 0 Å². The summed E-state index contributed by atoms with van der Waals surface area (Å²) < 4.78 is 0. The fourth-order valence-corrected chi connectivity index (χ4v) is 9.21. The van der Waals surface area contributed by atoms with E-state index in [9.17, 15) is 0 Å². The summed E-state index contributed by atoms with van der Waals surface area (Å²) in [5, 5.41) is 7.36. The Balaban J connectivity index is 1.11. The largest absolute Gasteiger partial charge is 0.228 e. The molecule has 2 heteroatoms. The molecule has 0 atom stereocenters. The Labute approximate surface area is 332 Å². The Morgan fingerprint density at radius 2 is 0.912 bits per heavy atom. The van der Waals surface area contributed by atoms with Crippen LogP contribution in [0.4, 0.5) is 0 Å². The lowest BCUT2D eigenvalue weighted by atomic mass is 9.81. The van der Waals surface area contributed by atoms with Gasteiger partial charge in [0.1, 0.15) is 0 Å². The SMILES string of the molecule is CC1(C)c2cc3ccccc3cc2-c2c(-c3ccc(-c4cc(-c5ccccc5-c5ccc6ccccc6c5)nc(-c5ccccc5)n4)c4ccccc34)cccc21. The average Bonchev–Trinajstić information content (AvgIpc) is 3.50. The summed E-state index contributed by atoms with van der Waals surface area (Å²) in [4.78, 5) is 10.6. The van der Waals surface area contributed by atoms with E-state index in [1.807, 2.05) is 6.07 Å². The van der Waals surface area contributed by atoms with Gasteiger partial charge in [-0.2, -0.15) is 0 Å². The van der Waals surface area contributed by atoms with Crippen molar-refractivity contribution in [3.63, 3.8) is 0 Å². The van der Waals surface area contributed by atoms with Crippen LogP contribution in [-0.4, -0.2) is 9.97 Å². The first-order valence-electron chi connectivity index (χ1n) is 19.7. The normalized spacial score (nSPS) is 12.9. The van der Waals surface area contributed by atoms with Gasteiger partial charge in [-0.25, -0.2) is 9.97 Å². The predicted octanol–water partition coefficient (Wildman–Crippen LogP) is 14.6. The molecule has 0 fully saturated rings. The quantitative estimate of drug-likeness (QED) is 0.176. The Morgan fingerprint density at radius 3 is 1.68 bits per heavy atom. The van der Waals surface area contributed by atoms with Crippen LogP contribution in [0.5, 0.6) is 0 Å². The molecule has 0 saturated carbocycles. The van der Waals surface area contributed by atoms with Crippen LogP contribution >= 0.6 is 0 Å². The van der Waals surface area contributed by atoms with E-state index in [1.54, 1.807) is 0 Å². The molecule has 0 radical (unpaired) electrons. The number of hydrogen-bond donors (Lipinski definition) is 0. The van der Waals surface area contributed by atoms with Crippen LogP contribution in [0.15, 0.2) is 194 Å². The van der Waals surface area contributed by atoms with Crippen molar-refractivity contribution in [2.75, 3.05) is 0 Å². The highest BCUT2D eigenvalue weighted by Gasteiger charge is 2.37. The molecule has 1 aliphatic carbocycles. The molecule has 0 N–H and O–H groups in total. The first-order chi connectivity index (χ1) is 28.0. The molecule has 0 amide bonds. The molecule has 57 heavy (non-hydrogen) atoms. The third-order valence-electron chi connectivity index (χ3n) is 12.1. The Kier molecular flexibility index (Phi) is 7.55. The summed E-state index contributed by atoms with van der Waals surface area (Å²) in [5.74, 6) is 0.705. The summed E-state index contributed by atoms with van der Waals surface area (Å²) in [6, 6.07) is 70.2. The van der Waals surface area contributed by atoms with E-state index < -0.39 is 0 Å². The molecular weight excluding hydrogens is 689 g/mol. The van der Waals surface area contributed by atoms with Gasteiger partial charge in [-0.1, -0.05) is 184 Å². The van der Waals surface area contributed by atoms with Crippen molar-refractivity contribution in [3.8, 4) is 67.3 Å². The van der Waals surface area contributed by atoms with Crippen molar-refractivity contribution in [1.82, 2.24) is 9.97 Å². The summed E-state index contributed by atoms with van der Waals surface area (Å²) >= 11 is 0. The maximum absolute atomic E-state index is 5.32. The van der Waals surface area contributed by atoms with E-state index in [0.29, 0.717) is 5.82 Å². The van der Waals surface area contributed by atoms with Gasteiger partial charge < -0.3 is 0 Å². The van der Waals surface area contributed by atoms with Crippen molar-refractivity contribution in [2.45, 2.75) is 19.3 Å². The zero-order valence-electron chi connectivity index (χ0n) is 31.9. The summed E-state index contributed by atoms with van der Waals surface area (Å²) in [7, 11) is 0. The lowest BCUT2D eigenvalue weighted by molar-refractivity contribution is 0.661. The lowest BCUT2D eigenvalue weighted by Crippen LogP contribution is -2.14. The molecule has 268 valence electrons. The highest BCUT2D eigenvalue weighted by atomic mass is 14.9. The Morgan fingerprint density at radius 1 is 0.333 bits per heavy atom. The van der Waals surface area contributed by atoms with Crippen LogP contribution in [0, 0.1) is 0 Å². The van der Waals surface area contributed by atoms with Gasteiger partial charge >= 0.3 is 0 Å². The minimum Gasteiger partial charge on any atom is -0.228 e. The fraction of sp³-hybridized carbons (Fsp3) is 0.0545. The Bertz CT molecular complexity index is 3210. The molecule has 0 aliphatic heterocycles. The fourth-order valence-electron chi connectivity index (χ4n) is 9.21. The second-order valence-electron chi connectivity index (χ2n) is 15.7. The first kappa shape index (κ1) is 33.2. The topological polar surface area (TPSA) is 25.8 Å². The van der Waals surface area contributed by atoms with E-state index in [2.05, 4.69) is 202 Å². The third kappa shape index (κ3) is 5.40. The first-order valence-corrected chi connectivity index (χ1v) is 19.7.